The van der Waals surface area contributed by atoms with Gasteiger partial charge in [-0.25, -0.2) is 8.42 Å². The highest BCUT2D eigenvalue weighted by Gasteiger charge is 2.39. The van der Waals surface area contributed by atoms with Crippen molar-refractivity contribution in [3.63, 3.8) is 0 Å². The van der Waals surface area contributed by atoms with Gasteiger partial charge in [0.15, 0.2) is 0 Å². The Kier molecular flexibility index (Phi) is 6.82. The summed E-state index contributed by atoms with van der Waals surface area (Å²) >= 11 is 1.53. The van der Waals surface area contributed by atoms with E-state index in [9.17, 15) is 18.0 Å². The summed E-state index contributed by atoms with van der Waals surface area (Å²) in [5.41, 5.74) is 2.62. The number of carbonyl (C=O) groups excluding carboxylic acids is 1. The van der Waals surface area contributed by atoms with Crippen molar-refractivity contribution < 1.29 is 13.2 Å². The van der Waals surface area contributed by atoms with Crippen LogP contribution in [0.2, 0.25) is 0 Å². The lowest BCUT2D eigenvalue weighted by Gasteiger charge is -2.42. The first-order valence-electron chi connectivity index (χ1n) is 11.6. The molecule has 9 heteroatoms. The average Bonchev–Trinajstić information content (AvgIpc) is 2.86. The van der Waals surface area contributed by atoms with Crippen molar-refractivity contribution >= 4 is 33.4 Å². The lowest BCUT2D eigenvalue weighted by atomic mass is 9.84. The van der Waals surface area contributed by atoms with Crippen LogP contribution in [0.15, 0.2) is 82.5 Å². The first-order chi connectivity index (χ1) is 16.9. The third kappa shape index (κ3) is 5.22. The first kappa shape index (κ1) is 23.8. The van der Waals surface area contributed by atoms with Crippen LogP contribution in [0.5, 0.6) is 0 Å². The van der Waals surface area contributed by atoms with E-state index in [1.807, 2.05) is 36.4 Å². The number of sulfonamides is 1. The van der Waals surface area contributed by atoms with Crippen LogP contribution in [0.3, 0.4) is 0 Å². The number of thioether (sulfide) groups is 1. The van der Waals surface area contributed by atoms with Gasteiger partial charge in [-0.3, -0.25) is 9.59 Å². The Bertz CT molecular complexity index is 1370. The normalized spacial score (nSPS) is 19.7. The summed E-state index contributed by atoms with van der Waals surface area (Å²) in [6, 6.07) is 21.5. The summed E-state index contributed by atoms with van der Waals surface area (Å²) in [6.45, 7) is 1.31. The van der Waals surface area contributed by atoms with Gasteiger partial charge in [-0.15, -0.1) is 11.8 Å². The van der Waals surface area contributed by atoms with Crippen LogP contribution < -0.4 is 10.9 Å². The lowest BCUT2D eigenvalue weighted by molar-refractivity contribution is -0.113. The maximum Gasteiger partial charge on any atom is 0.250 e. The van der Waals surface area contributed by atoms with Crippen molar-refractivity contribution in [2.24, 2.45) is 5.92 Å². The van der Waals surface area contributed by atoms with Gasteiger partial charge in [0.05, 0.1) is 10.6 Å². The van der Waals surface area contributed by atoms with E-state index in [0.717, 1.165) is 23.4 Å². The van der Waals surface area contributed by atoms with E-state index in [4.69, 9.17) is 0 Å². The smallest absolute Gasteiger partial charge is 0.250 e. The second kappa shape index (κ2) is 10.0. The topological polar surface area (TPSA) is 88.5 Å². The molecule has 1 N–H and O–H groups in total. The van der Waals surface area contributed by atoms with E-state index in [-0.39, 0.29) is 28.2 Å². The largest absolute Gasteiger partial charge is 0.325 e. The predicted molar refractivity (Wildman–Crippen MR) is 138 cm³/mol. The Morgan fingerprint density at radius 2 is 1.71 bits per heavy atom. The second-order valence-corrected chi connectivity index (χ2v) is 12.0. The quantitative estimate of drug-likeness (QED) is 0.527. The van der Waals surface area contributed by atoms with E-state index in [1.165, 1.54) is 11.8 Å². The molecule has 3 aromatic rings. The van der Waals surface area contributed by atoms with Crippen molar-refractivity contribution in [1.29, 1.82) is 0 Å². The number of hydrogen-bond acceptors (Lipinski definition) is 5. The zero-order chi connectivity index (χ0) is 24.4. The van der Waals surface area contributed by atoms with Crippen LogP contribution in [-0.4, -0.2) is 42.0 Å². The molecule has 7 nitrogen and oxygen atoms in total. The molecule has 2 aliphatic rings. The van der Waals surface area contributed by atoms with Crippen LogP contribution in [-0.2, 0) is 27.1 Å². The molecule has 3 heterocycles. The minimum Gasteiger partial charge on any atom is -0.325 e. The van der Waals surface area contributed by atoms with Gasteiger partial charge < -0.3 is 9.88 Å². The number of nitrogens with one attached hydrogen (secondary N) is 1. The van der Waals surface area contributed by atoms with Crippen molar-refractivity contribution in [2.45, 2.75) is 29.5 Å². The summed E-state index contributed by atoms with van der Waals surface area (Å²) in [5.74, 6) is 1.07. The summed E-state index contributed by atoms with van der Waals surface area (Å²) in [5, 5.41) is 2.83. The Morgan fingerprint density at radius 1 is 0.943 bits per heavy atom. The maximum atomic E-state index is 13.4. The van der Waals surface area contributed by atoms with Crippen molar-refractivity contribution in [2.75, 3.05) is 24.2 Å². The monoisotopic (exact) mass is 509 g/mol. The Balaban J connectivity index is 1.21. The van der Waals surface area contributed by atoms with Crippen molar-refractivity contribution in [3.8, 4) is 0 Å². The zero-order valence-corrected chi connectivity index (χ0v) is 20.8. The van der Waals surface area contributed by atoms with E-state index >= 15 is 0 Å². The Hall–Kier alpha value is -2.88. The SMILES string of the molecule is O=C(CSCc1ccccc1)Nc1ccc(S(=O)(=O)N2CC3CC(C2)c2cccc(=O)n2C3)cc1. The molecule has 0 saturated carbocycles. The van der Waals surface area contributed by atoms with E-state index < -0.39 is 10.0 Å². The number of pyridine rings is 1. The van der Waals surface area contributed by atoms with Crippen LogP contribution in [0.25, 0.3) is 0 Å². The first-order valence-corrected chi connectivity index (χ1v) is 14.2. The molecule has 2 aromatic carbocycles. The van der Waals surface area contributed by atoms with Gasteiger partial charge in [-0.1, -0.05) is 36.4 Å². The molecule has 1 fully saturated rings. The minimum absolute atomic E-state index is 0.0122. The number of hydrogen-bond donors (Lipinski definition) is 1. The van der Waals surface area contributed by atoms with Gasteiger partial charge in [-0.2, -0.15) is 4.31 Å². The molecule has 1 amide bonds. The third-order valence-corrected chi connectivity index (χ3v) is 9.42. The third-order valence-electron chi connectivity index (χ3n) is 6.57. The number of piperidine rings is 1. The molecule has 0 aliphatic carbocycles. The van der Waals surface area contributed by atoms with Crippen LogP contribution in [0.1, 0.15) is 23.6 Å². The van der Waals surface area contributed by atoms with Crippen molar-refractivity contribution in [1.82, 2.24) is 8.87 Å². The molecular formula is C26H27N3O4S2. The number of nitrogens with zero attached hydrogens (tertiary/aromatic N) is 2. The fourth-order valence-electron chi connectivity index (χ4n) is 4.94. The number of fused-ring (bicyclic) bond motifs is 4. The Morgan fingerprint density at radius 3 is 2.49 bits per heavy atom. The van der Waals surface area contributed by atoms with Crippen LogP contribution in [0, 0.1) is 5.92 Å². The molecule has 35 heavy (non-hydrogen) atoms. The number of carbonyl (C=O) groups is 1. The zero-order valence-electron chi connectivity index (χ0n) is 19.2. The number of aromatic nitrogens is 1. The predicted octanol–water partition coefficient (Wildman–Crippen LogP) is 3.53. The van der Waals surface area contributed by atoms with Gasteiger partial charge in [0.2, 0.25) is 15.9 Å². The van der Waals surface area contributed by atoms with E-state index in [1.54, 1.807) is 45.3 Å². The second-order valence-electron chi connectivity index (χ2n) is 9.07. The summed E-state index contributed by atoms with van der Waals surface area (Å²) in [7, 11) is -3.68. The molecule has 0 spiro atoms. The van der Waals surface area contributed by atoms with Gasteiger partial charge in [0.25, 0.3) is 5.56 Å². The minimum atomic E-state index is -3.68. The summed E-state index contributed by atoms with van der Waals surface area (Å²) in [4.78, 5) is 24.7. The average molecular weight is 510 g/mol. The fraction of sp³-hybridized carbons (Fsp3) is 0.308. The standard InChI is InChI=1S/C26H27N3O4S2/c30-25(18-34-17-19-5-2-1-3-6-19)27-22-9-11-23(12-10-22)35(32,33)28-14-20-13-21(16-28)24-7-4-8-26(31)29(24)15-20/h1-12,20-21H,13-18H2,(H,27,30). The molecule has 2 unspecified atom stereocenters. The highest BCUT2D eigenvalue weighted by atomic mass is 32.2. The fourth-order valence-corrected chi connectivity index (χ4v) is 7.29. The maximum absolute atomic E-state index is 13.4. The van der Waals surface area contributed by atoms with Gasteiger partial charge in [0.1, 0.15) is 0 Å². The summed E-state index contributed by atoms with van der Waals surface area (Å²) in [6.07, 6.45) is 0.892. The molecule has 5 rings (SSSR count). The number of rotatable bonds is 7. The lowest BCUT2D eigenvalue weighted by Crippen LogP contribution is -2.48. The number of anilines is 1. The molecule has 1 aromatic heterocycles. The molecule has 2 atom stereocenters. The van der Waals surface area contributed by atoms with Crippen LogP contribution in [0.4, 0.5) is 5.69 Å². The van der Waals surface area contributed by atoms with Crippen LogP contribution >= 0.6 is 11.8 Å². The molecule has 1 saturated heterocycles. The molecule has 2 aliphatic heterocycles. The van der Waals surface area contributed by atoms with E-state index in [0.29, 0.717) is 31.1 Å². The Labute approximate surface area is 209 Å². The van der Waals surface area contributed by atoms with Gasteiger partial charge in [0, 0.05) is 48.8 Å². The summed E-state index contributed by atoms with van der Waals surface area (Å²) < 4.78 is 30.1. The van der Waals surface area contributed by atoms with Gasteiger partial charge in [-0.05, 0) is 48.2 Å². The highest BCUT2D eigenvalue weighted by molar-refractivity contribution is 7.99. The van der Waals surface area contributed by atoms with Gasteiger partial charge >= 0.3 is 0 Å². The van der Waals surface area contributed by atoms with E-state index in [2.05, 4.69) is 5.32 Å². The number of benzene rings is 2. The highest BCUT2D eigenvalue weighted by Crippen LogP contribution is 2.37. The molecule has 182 valence electrons. The molecular weight excluding hydrogens is 482 g/mol. The number of amides is 1. The van der Waals surface area contributed by atoms with Crippen molar-refractivity contribution in [3.05, 3.63) is 94.4 Å². The molecule has 0 radical (unpaired) electrons. The molecule has 2 bridgehead atoms.